The molecule has 1 aromatic carbocycles. The number of ether oxygens (including phenoxy) is 2. The van der Waals surface area contributed by atoms with Gasteiger partial charge in [-0.2, -0.15) is 0 Å². The maximum atomic E-state index is 5.60. The molecule has 1 heterocycles. The van der Waals surface area contributed by atoms with E-state index in [4.69, 9.17) is 27.4 Å². The minimum absolute atomic E-state index is 0.576. The fourth-order valence-electron chi connectivity index (χ4n) is 2.51. The molecule has 5 heteroatoms. The number of nitrogens with two attached hydrogens (primary N) is 1. The third kappa shape index (κ3) is 5.26. The number of fused-ring (bicyclic) bond motifs is 1. The Morgan fingerprint density at radius 2 is 2.24 bits per heavy atom. The lowest BCUT2D eigenvalue weighted by molar-refractivity contribution is 0.150. The molecule has 0 bridgehead atoms. The van der Waals surface area contributed by atoms with Gasteiger partial charge in [0, 0.05) is 39.6 Å². The first kappa shape index (κ1) is 16.2. The van der Waals surface area contributed by atoms with E-state index in [0.29, 0.717) is 4.99 Å². The molecule has 1 aliphatic heterocycles. The van der Waals surface area contributed by atoms with Crippen LogP contribution in [0.25, 0.3) is 0 Å². The van der Waals surface area contributed by atoms with Gasteiger partial charge in [-0.15, -0.1) is 0 Å². The summed E-state index contributed by atoms with van der Waals surface area (Å²) in [5.41, 5.74) is 8.29. The molecule has 0 aromatic heterocycles. The summed E-state index contributed by atoms with van der Waals surface area (Å²) >= 11 is 4.96. The van der Waals surface area contributed by atoms with Gasteiger partial charge in [0.05, 0.1) is 18.2 Å². The van der Waals surface area contributed by atoms with Crippen molar-refractivity contribution in [1.29, 1.82) is 0 Å². The number of rotatable bonds is 9. The Labute approximate surface area is 132 Å². The Balaban J connectivity index is 1.86. The monoisotopic (exact) mass is 308 g/mol. The lowest BCUT2D eigenvalue weighted by Crippen LogP contribution is -2.32. The largest absolute Gasteiger partial charge is 0.493 e. The van der Waals surface area contributed by atoms with Crippen molar-refractivity contribution in [3.05, 3.63) is 29.3 Å². The Morgan fingerprint density at radius 3 is 3.00 bits per heavy atom. The standard InChI is InChI=1S/C16H24N2O2S/c1-19-11-9-18(8-5-16(17)21)7-4-13-2-3-15-14(12-13)6-10-20-15/h2-3,12H,4-11H2,1H3,(H2,17,21). The second kappa shape index (κ2) is 8.32. The van der Waals surface area contributed by atoms with Gasteiger partial charge in [0.1, 0.15) is 5.75 Å². The van der Waals surface area contributed by atoms with E-state index in [0.717, 1.165) is 57.9 Å². The summed E-state index contributed by atoms with van der Waals surface area (Å²) in [6, 6.07) is 6.52. The highest BCUT2D eigenvalue weighted by molar-refractivity contribution is 7.80. The summed E-state index contributed by atoms with van der Waals surface area (Å²) in [4.78, 5) is 2.93. The van der Waals surface area contributed by atoms with E-state index in [1.165, 1.54) is 11.1 Å². The predicted molar refractivity (Wildman–Crippen MR) is 89.1 cm³/mol. The molecular weight excluding hydrogens is 284 g/mol. The molecular formula is C16H24N2O2S. The average Bonchev–Trinajstić information content (AvgIpc) is 2.93. The van der Waals surface area contributed by atoms with Gasteiger partial charge in [-0.1, -0.05) is 24.4 Å². The number of nitrogens with zero attached hydrogens (tertiary/aromatic N) is 1. The number of hydrogen-bond donors (Lipinski definition) is 1. The van der Waals surface area contributed by atoms with Crippen LogP contribution in [0.4, 0.5) is 0 Å². The highest BCUT2D eigenvalue weighted by Crippen LogP contribution is 2.26. The second-order valence-electron chi connectivity index (χ2n) is 5.34. The Bertz CT molecular complexity index is 479. The summed E-state index contributed by atoms with van der Waals surface area (Å²) in [5.74, 6) is 1.04. The van der Waals surface area contributed by atoms with E-state index < -0.39 is 0 Å². The van der Waals surface area contributed by atoms with Gasteiger partial charge in [0.2, 0.25) is 0 Å². The van der Waals surface area contributed by atoms with Gasteiger partial charge in [-0.3, -0.25) is 0 Å². The van der Waals surface area contributed by atoms with Crippen LogP contribution in [-0.2, 0) is 17.6 Å². The maximum absolute atomic E-state index is 5.60. The molecule has 2 rings (SSSR count). The number of benzene rings is 1. The molecule has 0 fully saturated rings. The normalized spacial score (nSPS) is 13.2. The number of methoxy groups -OCH3 is 1. The molecule has 1 aromatic rings. The predicted octanol–water partition coefficient (Wildman–Crippen LogP) is 1.79. The lowest BCUT2D eigenvalue weighted by Gasteiger charge is -2.21. The minimum atomic E-state index is 0.576. The Hall–Kier alpha value is -1.17. The molecule has 0 aliphatic carbocycles. The molecule has 2 N–H and O–H groups in total. The molecule has 0 saturated carbocycles. The van der Waals surface area contributed by atoms with Crippen LogP contribution in [0.3, 0.4) is 0 Å². The van der Waals surface area contributed by atoms with E-state index in [1.54, 1.807) is 7.11 Å². The van der Waals surface area contributed by atoms with Crippen LogP contribution in [0.2, 0.25) is 0 Å². The molecule has 0 amide bonds. The molecule has 0 spiro atoms. The summed E-state index contributed by atoms with van der Waals surface area (Å²) in [6.45, 7) is 4.34. The van der Waals surface area contributed by atoms with Gasteiger partial charge in [-0.25, -0.2) is 0 Å². The van der Waals surface area contributed by atoms with Gasteiger partial charge < -0.3 is 20.1 Å². The lowest BCUT2D eigenvalue weighted by atomic mass is 10.1. The van der Waals surface area contributed by atoms with E-state index in [1.807, 2.05) is 0 Å². The SMILES string of the molecule is COCCN(CCC(N)=S)CCc1ccc2c(c1)CCO2. The zero-order chi connectivity index (χ0) is 15.1. The van der Waals surface area contributed by atoms with Gasteiger partial charge >= 0.3 is 0 Å². The quantitative estimate of drug-likeness (QED) is 0.705. The Kier molecular flexibility index (Phi) is 6.42. The first-order valence-electron chi connectivity index (χ1n) is 7.43. The Morgan fingerprint density at radius 1 is 1.38 bits per heavy atom. The van der Waals surface area contributed by atoms with Gasteiger partial charge in [0.15, 0.2) is 0 Å². The molecule has 116 valence electrons. The van der Waals surface area contributed by atoms with E-state index in [9.17, 15) is 0 Å². The molecule has 0 radical (unpaired) electrons. The van der Waals surface area contributed by atoms with Crippen LogP contribution in [0.15, 0.2) is 18.2 Å². The third-order valence-corrected chi connectivity index (χ3v) is 3.96. The molecule has 21 heavy (non-hydrogen) atoms. The van der Waals surface area contributed by atoms with Crippen LogP contribution in [0, 0.1) is 0 Å². The zero-order valence-electron chi connectivity index (χ0n) is 12.6. The van der Waals surface area contributed by atoms with Crippen LogP contribution >= 0.6 is 12.2 Å². The maximum Gasteiger partial charge on any atom is 0.122 e. The van der Waals surface area contributed by atoms with Crippen molar-refractivity contribution in [2.45, 2.75) is 19.3 Å². The molecule has 1 aliphatic rings. The van der Waals surface area contributed by atoms with Gasteiger partial charge in [0.25, 0.3) is 0 Å². The van der Waals surface area contributed by atoms with Crippen LogP contribution in [-0.4, -0.2) is 49.8 Å². The fourth-order valence-corrected chi connectivity index (χ4v) is 2.60. The molecule has 0 saturated heterocycles. The smallest absolute Gasteiger partial charge is 0.122 e. The first-order chi connectivity index (χ1) is 10.2. The summed E-state index contributed by atoms with van der Waals surface area (Å²) in [5, 5.41) is 0. The number of thiocarbonyl (C=S) groups is 1. The van der Waals surface area contributed by atoms with E-state index in [-0.39, 0.29) is 0 Å². The van der Waals surface area contributed by atoms with E-state index >= 15 is 0 Å². The average molecular weight is 308 g/mol. The van der Waals surface area contributed by atoms with Gasteiger partial charge in [-0.05, 0) is 23.6 Å². The van der Waals surface area contributed by atoms with Crippen molar-refractivity contribution in [1.82, 2.24) is 4.90 Å². The van der Waals surface area contributed by atoms with Crippen LogP contribution in [0.5, 0.6) is 5.75 Å². The summed E-state index contributed by atoms with van der Waals surface area (Å²) in [7, 11) is 1.73. The first-order valence-corrected chi connectivity index (χ1v) is 7.84. The second-order valence-corrected chi connectivity index (χ2v) is 5.87. The van der Waals surface area contributed by atoms with Crippen LogP contribution < -0.4 is 10.5 Å². The fraction of sp³-hybridized carbons (Fsp3) is 0.562. The summed E-state index contributed by atoms with van der Waals surface area (Å²) in [6.07, 6.45) is 2.81. The van der Waals surface area contributed by atoms with Crippen molar-refractivity contribution in [3.63, 3.8) is 0 Å². The highest BCUT2D eigenvalue weighted by Gasteiger charge is 2.12. The van der Waals surface area contributed by atoms with Crippen molar-refractivity contribution < 1.29 is 9.47 Å². The summed E-state index contributed by atoms with van der Waals surface area (Å²) < 4.78 is 10.7. The highest BCUT2D eigenvalue weighted by atomic mass is 32.1. The van der Waals surface area contributed by atoms with Crippen LogP contribution in [0.1, 0.15) is 17.5 Å². The molecule has 0 unspecified atom stereocenters. The molecule has 0 atom stereocenters. The third-order valence-electron chi connectivity index (χ3n) is 3.76. The minimum Gasteiger partial charge on any atom is -0.493 e. The van der Waals surface area contributed by atoms with Crippen molar-refractivity contribution >= 4 is 17.2 Å². The van der Waals surface area contributed by atoms with Crippen molar-refractivity contribution in [3.8, 4) is 5.75 Å². The van der Waals surface area contributed by atoms with E-state index in [2.05, 4.69) is 23.1 Å². The number of hydrogen-bond acceptors (Lipinski definition) is 4. The zero-order valence-corrected chi connectivity index (χ0v) is 13.5. The molecule has 4 nitrogen and oxygen atoms in total. The topological polar surface area (TPSA) is 47.7 Å². The van der Waals surface area contributed by atoms with Crippen molar-refractivity contribution in [2.24, 2.45) is 5.73 Å². The van der Waals surface area contributed by atoms with Crippen molar-refractivity contribution in [2.75, 3.05) is 40.0 Å².